The summed E-state index contributed by atoms with van der Waals surface area (Å²) < 4.78 is 14.7. The molecule has 31 heavy (non-hydrogen) atoms. The molecule has 0 radical (unpaired) electrons. The number of carbonyl (C=O) groups excluding carboxylic acids is 2. The summed E-state index contributed by atoms with van der Waals surface area (Å²) in [5.74, 6) is -0.157. The first-order valence-electron chi connectivity index (χ1n) is 12.1. The van der Waals surface area contributed by atoms with Crippen LogP contribution in [0.5, 0.6) is 0 Å². The summed E-state index contributed by atoms with van der Waals surface area (Å²) >= 11 is 0. The van der Waals surface area contributed by atoms with Gasteiger partial charge in [0, 0.05) is 18.2 Å². The highest BCUT2D eigenvalue weighted by Gasteiger charge is 2.53. The van der Waals surface area contributed by atoms with Crippen molar-refractivity contribution in [1.82, 2.24) is 16.0 Å². The zero-order valence-corrected chi connectivity index (χ0v) is 18.6. The second-order valence-corrected chi connectivity index (χ2v) is 9.88. The van der Waals surface area contributed by atoms with Gasteiger partial charge in [0.25, 0.3) is 0 Å². The lowest BCUT2D eigenvalue weighted by Crippen LogP contribution is -2.55. The van der Waals surface area contributed by atoms with Crippen LogP contribution in [0, 0.1) is 18.7 Å². The van der Waals surface area contributed by atoms with Gasteiger partial charge in [0.15, 0.2) is 0 Å². The lowest BCUT2D eigenvalue weighted by molar-refractivity contribution is -0.131. The van der Waals surface area contributed by atoms with E-state index in [-0.39, 0.29) is 23.7 Å². The average Bonchev–Trinajstić information content (AvgIpc) is 3.56. The molecule has 170 valence electrons. The van der Waals surface area contributed by atoms with E-state index in [9.17, 15) is 14.0 Å². The van der Waals surface area contributed by atoms with Crippen LogP contribution in [0.4, 0.5) is 4.39 Å². The average molecular weight is 430 g/mol. The van der Waals surface area contributed by atoms with Gasteiger partial charge in [0.05, 0.1) is 5.41 Å². The third-order valence-electron chi connectivity index (χ3n) is 7.38. The Kier molecular flexibility index (Phi) is 6.95. The molecular formula is C25H36FN3O2. The van der Waals surface area contributed by atoms with Crippen LogP contribution in [0.2, 0.25) is 0 Å². The molecule has 3 fully saturated rings. The molecule has 1 heterocycles. The molecule has 0 aromatic heterocycles. The molecule has 2 atom stereocenters. The van der Waals surface area contributed by atoms with Gasteiger partial charge in [0.2, 0.25) is 11.8 Å². The standard InChI is InChI=1S/C25H36FN3O2/c1-17-9-10-20(21(26)14-17)25(11-12-25)24(31)29-22(15-18-6-3-2-4-7-18)23(30)28-19-8-5-13-27-16-19/h9-10,14,18-19,22,27H,2-8,11-13,15-16H2,1H3,(H,28,30)(H,29,31)/t19-,22+/m1/s1. The van der Waals surface area contributed by atoms with Crippen LogP contribution in [-0.4, -0.2) is 37.0 Å². The van der Waals surface area contributed by atoms with Gasteiger partial charge in [-0.05, 0) is 63.1 Å². The van der Waals surface area contributed by atoms with E-state index in [1.807, 2.05) is 13.0 Å². The van der Waals surface area contributed by atoms with Crippen molar-refractivity contribution < 1.29 is 14.0 Å². The number of hydrogen-bond acceptors (Lipinski definition) is 3. The van der Waals surface area contributed by atoms with Crippen molar-refractivity contribution in [2.45, 2.75) is 88.6 Å². The normalized spacial score (nSPS) is 24.3. The summed E-state index contributed by atoms with van der Waals surface area (Å²) in [7, 11) is 0. The molecule has 5 nitrogen and oxygen atoms in total. The molecule has 1 aliphatic heterocycles. The summed E-state index contributed by atoms with van der Waals surface area (Å²) in [4.78, 5) is 26.5. The van der Waals surface area contributed by atoms with E-state index in [1.165, 1.54) is 25.3 Å². The minimum Gasteiger partial charge on any atom is -0.350 e. The molecule has 6 heteroatoms. The van der Waals surface area contributed by atoms with Gasteiger partial charge in [-0.3, -0.25) is 9.59 Å². The van der Waals surface area contributed by atoms with Gasteiger partial charge in [-0.1, -0.05) is 44.2 Å². The van der Waals surface area contributed by atoms with Crippen LogP contribution in [0.1, 0.15) is 75.3 Å². The van der Waals surface area contributed by atoms with Crippen molar-refractivity contribution in [2.24, 2.45) is 5.92 Å². The fraction of sp³-hybridized carbons (Fsp3) is 0.680. The molecule has 0 unspecified atom stereocenters. The van der Waals surface area contributed by atoms with E-state index in [0.717, 1.165) is 44.3 Å². The minimum absolute atomic E-state index is 0.0900. The van der Waals surface area contributed by atoms with E-state index < -0.39 is 11.5 Å². The molecule has 1 aromatic rings. The highest BCUT2D eigenvalue weighted by Crippen LogP contribution is 2.49. The molecule has 0 bridgehead atoms. The summed E-state index contributed by atoms with van der Waals surface area (Å²) in [6, 6.07) is 4.64. The first kappa shape index (κ1) is 22.3. The maximum Gasteiger partial charge on any atom is 0.242 e. The predicted octanol–water partition coefficient (Wildman–Crippen LogP) is 3.49. The quantitative estimate of drug-likeness (QED) is 0.621. The molecule has 1 saturated heterocycles. The predicted molar refractivity (Wildman–Crippen MR) is 119 cm³/mol. The molecule has 4 rings (SSSR count). The Hall–Kier alpha value is -1.95. The van der Waals surface area contributed by atoms with Gasteiger partial charge >= 0.3 is 0 Å². The molecule has 2 saturated carbocycles. The van der Waals surface area contributed by atoms with Crippen LogP contribution in [-0.2, 0) is 15.0 Å². The Morgan fingerprint density at radius 3 is 2.58 bits per heavy atom. The van der Waals surface area contributed by atoms with Crippen LogP contribution >= 0.6 is 0 Å². The smallest absolute Gasteiger partial charge is 0.242 e. The van der Waals surface area contributed by atoms with E-state index in [4.69, 9.17) is 0 Å². The number of rotatable bonds is 7. The Bertz CT molecular complexity index is 796. The van der Waals surface area contributed by atoms with E-state index in [2.05, 4.69) is 16.0 Å². The Balaban J connectivity index is 1.47. The highest BCUT2D eigenvalue weighted by molar-refractivity contribution is 5.95. The minimum atomic E-state index is -0.824. The second kappa shape index (κ2) is 9.68. The van der Waals surface area contributed by atoms with Crippen LogP contribution in [0.15, 0.2) is 18.2 Å². The number of piperidine rings is 1. The van der Waals surface area contributed by atoms with E-state index >= 15 is 0 Å². The molecule has 3 N–H and O–H groups in total. The number of hydrogen-bond donors (Lipinski definition) is 3. The van der Waals surface area contributed by atoms with Crippen LogP contribution in [0.3, 0.4) is 0 Å². The first-order chi connectivity index (χ1) is 15.0. The summed E-state index contributed by atoms with van der Waals surface area (Å²) in [6.07, 6.45) is 9.79. The fourth-order valence-electron chi connectivity index (χ4n) is 5.31. The topological polar surface area (TPSA) is 70.2 Å². The van der Waals surface area contributed by atoms with Crippen molar-refractivity contribution in [1.29, 1.82) is 0 Å². The number of amides is 2. The Morgan fingerprint density at radius 2 is 1.94 bits per heavy atom. The maximum atomic E-state index is 14.7. The SMILES string of the molecule is Cc1ccc(C2(C(=O)N[C@@H](CC3CCCCC3)C(=O)N[C@@H]3CCCNC3)CC2)c(F)c1. The zero-order chi connectivity index (χ0) is 21.8. The van der Waals surface area contributed by atoms with Crippen molar-refractivity contribution in [2.75, 3.05) is 13.1 Å². The molecular weight excluding hydrogens is 393 g/mol. The largest absolute Gasteiger partial charge is 0.350 e. The van der Waals surface area contributed by atoms with Crippen molar-refractivity contribution >= 4 is 11.8 Å². The van der Waals surface area contributed by atoms with Crippen molar-refractivity contribution in [3.63, 3.8) is 0 Å². The van der Waals surface area contributed by atoms with Crippen molar-refractivity contribution in [3.8, 4) is 0 Å². The first-order valence-corrected chi connectivity index (χ1v) is 12.1. The Morgan fingerprint density at radius 1 is 1.16 bits per heavy atom. The van der Waals surface area contributed by atoms with E-state index in [0.29, 0.717) is 30.7 Å². The van der Waals surface area contributed by atoms with Gasteiger partial charge in [-0.2, -0.15) is 0 Å². The second-order valence-electron chi connectivity index (χ2n) is 9.88. The fourth-order valence-corrected chi connectivity index (χ4v) is 5.31. The lowest BCUT2D eigenvalue weighted by Gasteiger charge is -2.30. The number of nitrogens with one attached hydrogen (secondary N) is 3. The van der Waals surface area contributed by atoms with Gasteiger partial charge < -0.3 is 16.0 Å². The summed E-state index contributed by atoms with van der Waals surface area (Å²) in [5.41, 5.74) is 0.479. The summed E-state index contributed by atoms with van der Waals surface area (Å²) in [6.45, 7) is 3.60. The lowest BCUT2D eigenvalue weighted by atomic mass is 9.84. The molecule has 2 aliphatic carbocycles. The number of benzene rings is 1. The summed E-state index contributed by atoms with van der Waals surface area (Å²) in [5, 5.41) is 9.54. The van der Waals surface area contributed by atoms with Gasteiger partial charge in [0.1, 0.15) is 11.9 Å². The molecule has 3 aliphatic rings. The van der Waals surface area contributed by atoms with Gasteiger partial charge in [-0.25, -0.2) is 4.39 Å². The van der Waals surface area contributed by atoms with Crippen molar-refractivity contribution in [3.05, 3.63) is 35.1 Å². The third kappa shape index (κ3) is 5.28. The molecule has 1 aromatic carbocycles. The van der Waals surface area contributed by atoms with Crippen LogP contribution in [0.25, 0.3) is 0 Å². The maximum absolute atomic E-state index is 14.7. The zero-order valence-electron chi connectivity index (χ0n) is 18.6. The number of halogens is 1. The number of carbonyl (C=O) groups is 2. The monoisotopic (exact) mass is 429 g/mol. The number of aryl methyl sites for hydroxylation is 1. The Labute approximate surface area is 184 Å². The van der Waals surface area contributed by atoms with E-state index in [1.54, 1.807) is 6.07 Å². The highest BCUT2D eigenvalue weighted by atomic mass is 19.1. The molecule has 0 spiro atoms. The third-order valence-corrected chi connectivity index (χ3v) is 7.38. The van der Waals surface area contributed by atoms with Gasteiger partial charge in [-0.15, -0.1) is 0 Å². The van der Waals surface area contributed by atoms with Crippen LogP contribution < -0.4 is 16.0 Å². The molecule has 2 amide bonds.